The van der Waals surface area contributed by atoms with Gasteiger partial charge in [-0.2, -0.15) is 0 Å². The van der Waals surface area contributed by atoms with Gasteiger partial charge in [0.15, 0.2) is 0 Å². The van der Waals surface area contributed by atoms with Crippen LogP contribution in [-0.4, -0.2) is 12.8 Å². The zero-order chi connectivity index (χ0) is 10.3. The molecule has 0 amide bonds. The Kier molecular flexibility index (Phi) is 2.26. The summed E-state index contributed by atoms with van der Waals surface area (Å²) in [7, 11) is 0. The predicted molar refractivity (Wildman–Crippen MR) is 62.5 cm³/mol. The van der Waals surface area contributed by atoms with Crippen molar-refractivity contribution in [3.63, 3.8) is 0 Å². The second-order valence-corrected chi connectivity index (χ2v) is 4.65. The van der Waals surface area contributed by atoms with Gasteiger partial charge in [-0.15, -0.1) is 0 Å². The molecule has 1 unspecified atom stereocenters. The third-order valence-corrected chi connectivity index (χ3v) is 3.50. The molecular formula is C12H13ClN2. The summed E-state index contributed by atoms with van der Waals surface area (Å²) < 4.78 is 0. The van der Waals surface area contributed by atoms with Crippen molar-refractivity contribution in [3.05, 3.63) is 34.3 Å². The number of aliphatic imine (C=N–C) groups is 1. The van der Waals surface area contributed by atoms with Crippen molar-refractivity contribution < 1.29 is 0 Å². The molecule has 2 atom stereocenters. The first kappa shape index (κ1) is 9.37. The minimum atomic E-state index is 0.448. The third-order valence-electron chi connectivity index (χ3n) is 3.27. The molecule has 2 aliphatic rings. The SMILES string of the molecule is Clc1ccc2c(c1)CN[C@H]2C1C=NCC1. The highest BCUT2D eigenvalue weighted by Crippen LogP contribution is 2.34. The van der Waals surface area contributed by atoms with Gasteiger partial charge in [0.05, 0.1) is 0 Å². The Labute approximate surface area is 94.4 Å². The van der Waals surface area contributed by atoms with Gasteiger partial charge in [-0.05, 0) is 29.7 Å². The topological polar surface area (TPSA) is 24.4 Å². The average molecular weight is 221 g/mol. The van der Waals surface area contributed by atoms with Crippen LogP contribution in [0.15, 0.2) is 23.2 Å². The number of nitrogens with zero attached hydrogens (tertiary/aromatic N) is 1. The van der Waals surface area contributed by atoms with Crippen LogP contribution in [0.5, 0.6) is 0 Å². The van der Waals surface area contributed by atoms with Gasteiger partial charge in [0.2, 0.25) is 0 Å². The van der Waals surface area contributed by atoms with Crippen LogP contribution >= 0.6 is 11.6 Å². The molecule has 3 heteroatoms. The maximum absolute atomic E-state index is 5.98. The lowest BCUT2D eigenvalue weighted by molar-refractivity contribution is 0.475. The Balaban J connectivity index is 1.94. The molecule has 2 heterocycles. The molecule has 0 spiro atoms. The first-order valence-corrected chi connectivity index (χ1v) is 5.74. The number of hydrogen-bond acceptors (Lipinski definition) is 2. The molecule has 2 nitrogen and oxygen atoms in total. The van der Waals surface area contributed by atoms with Gasteiger partial charge in [-0.25, -0.2) is 0 Å². The minimum absolute atomic E-state index is 0.448. The maximum Gasteiger partial charge on any atom is 0.0409 e. The number of halogens is 1. The Morgan fingerprint density at radius 2 is 2.33 bits per heavy atom. The highest BCUT2D eigenvalue weighted by atomic mass is 35.5. The van der Waals surface area contributed by atoms with Gasteiger partial charge in [0, 0.05) is 36.3 Å². The molecule has 0 fully saturated rings. The first-order valence-electron chi connectivity index (χ1n) is 5.36. The molecule has 2 aliphatic heterocycles. The average Bonchev–Trinajstić information content (AvgIpc) is 2.82. The second kappa shape index (κ2) is 3.62. The summed E-state index contributed by atoms with van der Waals surface area (Å²) in [5, 5.41) is 4.37. The molecule has 0 aromatic heterocycles. The molecule has 0 bridgehead atoms. The van der Waals surface area contributed by atoms with Crippen LogP contribution in [-0.2, 0) is 6.54 Å². The largest absolute Gasteiger partial charge is 0.305 e. The summed E-state index contributed by atoms with van der Waals surface area (Å²) in [5.74, 6) is 0.562. The van der Waals surface area contributed by atoms with Crippen LogP contribution in [0.2, 0.25) is 5.02 Å². The Hall–Kier alpha value is -0.860. The summed E-state index contributed by atoms with van der Waals surface area (Å²) in [6.45, 7) is 1.91. The fraction of sp³-hybridized carbons (Fsp3) is 0.417. The molecular weight excluding hydrogens is 208 g/mol. The van der Waals surface area contributed by atoms with E-state index in [9.17, 15) is 0 Å². The van der Waals surface area contributed by atoms with Gasteiger partial charge in [-0.1, -0.05) is 17.7 Å². The van der Waals surface area contributed by atoms with E-state index in [-0.39, 0.29) is 0 Å². The lowest BCUT2D eigenvalue weighted by Gasteiger charge is -2.17. The van der Waals surface area contributed by atoms with Gasteiger partial charge in [0.25, 0.3) is 0 Å². The quantitative estimate of drug-likeness (QED) is 0.773. The molecule has 0 saturated heterocycles. The van der Waals surface area contributed by atoms with Crippen LogP contribution in [0.25, 0.3) is 0 Å². The van der Waals surface area contributed by atoms with E-state index in [0.29, 0.717) is 12.0 Å². The van der Waals surface area contributed by atoms with Crippen LogP contribution in [0.4, 0.5) is 0 Å². The standard InChI is InChI=1S/C12H13ClN2/c13-10-1-2-11-9(5-10)7-15-12(11)8-3-4-14-6-8/h1-2,5-6,8,12,15H,3-4,7H2/t8?,12-/m0/s1. The van der Waals surface area contributed by atoms with Crippen molar-refractivity contribution in [2.75, 3.05) is 6.54 Å². The number of nitrogens with one attached hydrogen (secondary N) is 1. The van der Waals surface area contributed by atoms with E-state index in [2.05, 4.69) is 28.7 Å². The van der Waals surface area contributed by atoms with E-state index in [0.717, 1.165) is 18.1 Å². The zero-order valence-electron chi connectivity index (χ0n) is 8.41. The van der Waals surface area contributed by atoms with E-state index in [1.807, 2.05) is 6.07 Å². The van der Waals surface area contributed by atoms with Crippen LogP contribution in [0, 0.1) is 5.92 Å². The molecule has 78 valence electrons. The second-order valence-electron chi connectivity index (χ2n) is 4.21. The molecule has 15 heavy (non-hydrogen) atoms. The van der Waals surface area contributed by atoms with Crippen molar-refractivity contribution in [2.45, 2.75) is 19.0 Å². The molecule has 1 aromatic carbocycles. The Bertz CT molecular complexity index is 414. The number of fused-ring (bicyclic) bond motifs is 1. The van der Waals surface area contributed by atoms with E-state index in [1.54, 1.807) is 0 Å². The van der Waals surface area contributed by atoms with E-state index in [4.69, 9.17) is 11.6 Å². The van der Waals surface area contributed by atoms with Crippen LogP contribution in [0.3, 0.4) is 0 Å². The van der Waals surface area contributed by atoms with Crippen LogP contribution < -0.4 is 5.32 Å². The van der Waals surface area contributed by atoms with Gasteiger partial charge >= 0.3 is 0 Å². The highest BCUT2D eigenvalue weighted by molar-refractivity contribution is 6.30. The number of benzene rings is 1. The minimum Gasteiger partial charge on any atom is -0.305 e. The fourth-order valence-electron chi connectivity index (χ4n) is 2.50. The fourth-order valence-corrected chi connectivity index (χ4v) is 2.70. The monoisotopic (exact) mass is 220 g/mol. The summed E-state index contributed by atoms with van der Waals surface area (Å²) in [4.78, 5) is 4.31. The van der Waals surface area contributed by atoms with Gasteiger partial charge < -0.3 is 5.32 Å². The van der Waals surface area contributed by atoms with Gasteiger partial charge in [-0.3, -0.25) is 4.99 Å². The van der Waals surface area contributed by atoms with Crippen molar-refractivity contribution in [1.29, 1.82) is 0 Å². The summed E-state index contributed by atoms with van der Waals surface area (Å²) in [6, 6.07) is 6.64. The Morgan fingerprint density at radius 1 is 1.40 bits per heavy atom. The van der Waals surface area contributed by atoms with Crippen molar-refractivity contribution >= 4 is 17.8 Å². The molecule has 0 aliphatic carbocycles. The number of hydrogen-bond donors (Lipinski definition) is 1. The maximum atomic E-state index is 5.98. The predicted octanol–water partition coefficient (Wildman–Crippen LogP) is 2.58. The lowest BCUT2D eigenvalue weighted by atomic mass is 9.93. The molecule has 3 rings (SSSR count). The first-order chi connectivity index (χ1) is 7.34. The summed E-state index contributed by atoms with van der Waals surface area (Å²) in [5.41, 5.74) is 2.74. The smallest absolute Gasteiger partial charge is 0.0409 e. The van der Waals surface area contributed by atoms with E-state index in [1.165, 1.54) is 17.5 Å². The van der Waals surface area contributed by atoms with E-state index >= 15 is 0 Å². The Morgan fingerprint density at radius 3 is 3.13 bits per heavy atom. The molecule has 1 aromatic rings. The van der Waals surface area contributed by atoms with Gasteiger partial charge in [0.1, 0.15) is 0 Å². The molecule has 1 N–H and O–H groups in total. The van der Waals surface area contributed by atoms with Crippen LogP contribution in [0.1, 0.15) is 23.6 Å². The van der Waals surface area contributed by atoms with E-state index < -0.39 is 0 Å². The lowest BCUT2D eigenvalue weighted by Crippen LogP contribution is -2.21. The van der Waals surface area contributed by atoms with Crippen molar-refractivity contribution in [3.8, 4) is 0 Å². The van der Waals surface area contributed by atoms with Crippen molar-refractivity contribution in [2.24, 2.45) is 10.9 Å². The number of rotatable bonds is 1. The summed E-state index contributed by atoms with van der Waals surface area (Å²) >= 11 is 5.98. The third kappa shape index (κ3) is 1.58. The molecule has 0 radical (unpaired) electrons. The zero-order valence-corrected chi connectivity index (χ0v) is 9.17. The molecule has 0 saturated carbocycles. The highest BCUT2D eigenvalue weighted by Gasteiger charge is 2.29. The van der Waals surface area contributed by atoms with Crippen molar-refractivity contribution in [1.82, 2.24) is 5.32 Å². The normalized spacial score (nSPS) is 28.3. The summed E-state index contributed by atoms with van der Waals surface area (Å²) in [6.07, 6.45) is 3.26.